The van der Waals surface area contributed by atoms with Crippen LogP contribution in [0.3, 0.4) is 0 Å². The van der Waals surface area contributed by atoms with Gasteiger partial charge in [0.25, 0.3) is 5.56 Å². The molecule has 2 amide bonds. The molecule has 0 saturated carbocycles. The summed E-state index contributed by atoms with van der Waals surface area (Å²) in [7, 11) is 0. The first-order chi connectivity index (χ1) is 17.8. The molecule has 1 heterocycles. The number of nitrogens with zero attached hydrogens (tertiary/aromatic N) is 3. The van der Waals surface area contributed by atoms with Gasteiger partial charge in [0.05, 0.1) is 22.6 Å². The zero-order valence-corrected chi connectivity index (χ0v) is 23.4. The molecule has 0 radical (unpaired) electrons. The summed E-state index contributed by atoms with van der Waals surface area (Å²) >= 11 is 3.44. The average molecular weight is 562 g/mol. The van der Waals surface area contributed by atoms with Crippen molar-refractivity contribution in [1.29, 1.82) is 0 Å². The van der Waals surface area contributed by atoms with Crippen molar-refractivity contribution >= 4 is 38.6 Å². The first-order valence-electron chi connectivity index (χ1n) is 12.8. The molecule has 0 spiro atoms. The van der Waals surface area contributed by atoms with Crippen LogP contribution in [0.1, 0.15) is 56.1 Å². The molecule has 0 saturated heterocycles. The normalized spacial score (nSPS) is 11.9. The van der Waals surface area contributed by atoms with Crippen molar-refractivity contribution in [3.05, 3.63) is 98.5 Å². The summed E-state index contributed by atoms with van der Waals surface area (Å²) < 4.78 is 2.63. The first-order valence-corrected chi connectivity index (χ1v) is 13.6. The van der Waals surface area contributed by atoms with Crippen LogP contribution in [0.4, 0.5) is 10.5 Å². The Morgan fingerprint density at radius 2 is 1.76 bits per heavy atom. The van der Waals surface area contributed by atoms with Gasteiger partial charge in [-0.3, -0.25) is 9.36 Å². The molecule has 0 aliphatic rings. The fourth-order valence-electron chi connectivity index (χ4n) is 4.49. The fourth-order valence-corrected chi connectivity index (χ4v) is 4.75. The summed E-state index contributed by atoms with van der Waals surface area (Å²) in [4.78, 5) is 34.4. The number of amides is 2. The van der Waals surface area contributed by atoms with Gasteiger partial charge in [0.1, 0.15) is 5.82 Å². The second-order valence-corrected chi connectivity index (χ2v) is 10.2. The van der Waals surface area contributed by atoms with Crippen molar-refractivity contribution in [2.75, 3.05) is 11.9 Å². The summed E-state index contributed by atoms with van der Waals surface area (Å²) in [6, 6.07) is 20.3. The summed E-state index contributed by atoms with van der Waals surface area (Å²) in [6.45, 7) is 8.77. The monoisotopic (exact) mass is 560 g/mol. The van der Waals surface area contributed by atoms with E-state index in [9.17, 15) is 9.59 Å². The summed E-state index contributed by atoms with van der Waals surface area (Å²) in [5.74, 6) is 0.566. The quantitative estimate of drug-likeness (QED) is 0.242. The molecule has 192 valence electrons. The lowest BCUT2D eigenvalue weighted by molar-refractivity contribution is 0.180. The maximum Gasteiger partial charge on any atom is 0.322 e. The van der Waals surface area contributed by atoms with E-state index in [4.69, 9.17) is 4.98 Å². The Hall–Kier alpha value is -3.45. The van der Waals surface area contributed by atoms with Gasteiger partial charge in [-0.25, -0.2) is 9.78 Å². The minimum Gasteiger partial charge on any atom is -0.314 e. The predicted octanol–water partition coefficient (Wildman–Crippen LogP) is 7.55. The number of aromatic nitrogens is 2. The van der Waals surface area contributed by atoms with Gasteiger partial charge in [0.2, 0.25) is 0 Å². The number of unbranched alkanes of at least 4 members (excludes halogenated alkanes) is 1. The molecule has 3 aromatic carbocycles. The van der Waals surface area contributed by atoms with E-state index in [0.29, 0.717) is 35.4 Å². The largest absolute Gasteiger partial charge is 0.322 e. The lowest BCUT2D eigenvalue weighted by atomic mass is 10.1. The van der Waals surface area contributed by atoms with Crippen LogP contribution >= 0.6 is 15.9 Å². The van der Waals surface area contributed by atoms with Gasteiger partial charge in [0.15, 0.2) is 0 Å². The molecular formula is C30H33BrN4O2. The van der Waals surface area contributed by atoms with Crippen molar-refractivity contribution in [3.63, 3.8) is 0 Å². The number of carbonyl (C=O) groups is 1. The number of nitrogens with one attached hydrogen (secondary N) is 1. The van der Waals surface area contributed by atoms with Crippen molar-refractivity contribution in [3.8, 4) is 5.69 Å². The van der Waals surface area contributed by atoms with Crippen molar-refractivity contribution in [1.82, 2.24) is 14.5 Å². The van der Waals surface area contributed by atoms with Gasteiger partial charge in [-0.2, -0.15) is 0 Å². The smallest absolute Gasteiger partial charge is 0.314 e. The number of para-hydroxylation sites is 1. The number of rotatable bonds is 8. The molecule has 0 aliphatic heterocycles. The van der Waals surface area contributed by atoms with Crippen LogP contribution in [0.2, 0.25) is 0 Å². The number of hydrogen-bond donors (Lipinski definition) is 1. The van der Waals surface area contributed by atoms with E-state index in [1.807, 2.05) is 85.5 Å². The fraction of sp³-hybridized carbons (Fsp3) is 0.300. The molecule has 37 heavy (non-hydrogen) atoms. The summed E-state index contributed by atoms with van der Waals surface area (Å²) in [6.07, 6.45) is 2.38. The van der Waals surface area contributed by atoms with E-state index in [1.165, 1.54) is 0 Å². The molecule has 0 bridgehead atoms. The van der Waals surface area contributed by atoms with Crippen molar-refractivity contribution < 1.29 is 4.79 Å². The second kappa shape index (κ2) is 11.7. The van der Waals surface area contributed by atoms with Crippen molar-refractivity contribution in [2.45, 2.75) is 53.0 Å². The highest BCUT2D eigenvalue weighted by molar-refractivity contribution is 9.10. The molecule has 1 unspecified atom stereocenters. The van der Waals surface area contributed by atoms with Gasteiger partial charge in [-0.05, 0) is 86.3 Å². The van der Waals surface area contributed by atoms with E-state index in [-0.39, 0.29) is 11.6 Å². The highest BCUT2D eigenvalue weighted by Crippen LogP contribution is 2.28. The standard InChI is InChI=1S/C30H33BrN4O2/c1-5-7-18-34(30(37)32-23-15-13-22(31)14-16-23)27(6-2)28-33-26-11-9-8-10-25(26)29(36)35(28)24-17-12-20(3)21(4)19-24/h8-17,19,27H,5-7,18H2,1-4H3,(H,32,37). The Labute approximate surface area is 226 Å². The van der Waals surface area contributed by atoms with Crippen LogP contribution < -0.4 is 10.9 Å². The van der Waals surface area contributed by atoms with Crippen LogP contribution in [-0.4, -0.2) is 27.0 Å². The van der Waals surface area contributed by atoms with Crippen LogP contribution in [-0.2, 0) is 0 Å². The highest BCUT2D eigenvalue weighted by atomic mass is 79.9. The van der Waals surface area contributed by atoms with Gasteiger partial charge in [-0.1, -0.05) is 54.4 Å². The molecule has 1 aromatic heterocycles. The molecule has 4 aromatic rings. The van der Waals surface area contributed by atoms with E-state index >= 15 is 0 Å². The molecule has 0 aliphatic carbocycles. The molecule has 1 N–H and O–H groups in total. The van der Waals surface area contributed by atoms with Crippen LogP contribution in [0.5, 0.6) is 0 Å². The SMILES string of the molecule is CCCCN(C(=O)Nc1ccc(Br)cc1)C(CC)c1nc2ccccc2c(=O)n1-c1ccc(C)c(C)c1. The molecule has 6 nitrogen and oxygen atoms in total. The number of anilines is 1. The Bertz CT molecular complexity index is 1460. The number of halogens is 1. The van der Waals surface area contributed by atoms with E-state index in [2.05, 4.69) is 35.1 Å². The number of urea groups is 1. The Balaban J connectivity index is 1.87. The number of aryl methyl sites for hydroxylation is 2. The molecular weight excluding hydrogens is 528 g/mol. The molecule has 1 atom stereocenters. The predicted molar refractivity (Wildman–Crippen MR) is 155 cm³/mol. The minimum absolute atomic E-state index is 0.133. The highest BCUT2D eigenvalue weighted by Gasteiger charge is 2.29. The maximum absolute atomic E-state index is 13.9. The molecule has 4 rings (SSSR count). The number of benzene rings is 3. The maximum atomic E-state index is 13.9. The Morgan fingerprint density at radius 1 is 1.03 bits per heavy atom. The van der Waals surface area contributed by atoms with Gasteiger partial charge >= 0.3 is 6.03 Å². The Morgan fingerprint density at radius 3 is 2.43 bits per heavy atom. The molecule has 7 heteroatoms. The minimum atomic E-state index is -0.402. The summed E-state index contributed by atoms with van der Waals surface area (Å²) in [5.41, 5.74) is 4.20. The lowest BCUT2D eigenvalue weighted by Gasteiger charge is -2.32. The van der Waals surface area contributed by atoms with Crippen molar-refractivity contribution in [2.24, 2.45) is 0 Å². The number of fused-ring (bicyclic) bond motifs is 1. The zero-order valence-electron chi connectivity index (χ0n) is 21.8. The third-order valence-corrected chi connectivity index (χ3v) is 7.25. The van der Waals surface area contributed by atoms with Gasteiger partial charge in [-0.15, -0.1) is 0 Å². The summed E-state index contributed by atoms with van der Waals surface area (Å²) in [5, 5.41) is 3.60. The molecule has 0 fully saturated rings. The third kappa shape index (κ3) is 5.77. The lowest BCUT2D eigenvalue weighted by Crippen LogP contribution is -2.41. The third-order valence-electron chi connectivity index (χ3n) is 6.72. The topological polar surface area (TPSA) is 67.2 Å². The Kier molecular flexibility index (Phi) is 8.44. The van der Waals surface area contributed by atoms with Gasteiger partial charge in [0, 0.05) is 16.7 Å². The van der Waals surface area contributed by atoms with Crippen LogP contribution in [0.15, 0.2) is 76.0 Å². The average Bonchev–Trinajstić information content (AvgIpc) is 2.89. The second-order valence-electron chi connectivity index (χ2n) is 9.30. The van der Waals surface area contributed by atoms with E-state index in [0.717, 1.165) is 34.1 Å². The van der Waals surface area contributed by atoms with E-state index in [1.54, 1.807) is 4.57 Å². The first kappa shape index (κ1) is 26.6. The van der Waals surface area contributed by atoms with Gasteiger partial charge < -0.3 is 10.2 Å². The van der Waals surface area contributed by atoms with Crippen LogP contribution in [0.25, 0.3) is 16.6 Å². The number of hydrogen-bond acceptors (Lipinski definition) is 3. The van der Waals surface area contributed by atoms with E-state index < -0.39 is 6.04 Å². The van der Waals surface area contributed by atoms with Crippen LogP contribution in [0, 0.1) is 13.8 Å². The number of carbonyl (C=O) groups excluding carboxylic acids is 1. The zero-order chi connectivity index (χ0) is 26.5.